The molecule has 0 aliphatic carbocycles. The summed E-state index contributed by atoms with van der Waals surface area (Å²) in [6.07, 6.45) is 0. The van der Waals surface area contributed by atoms with Gasteiger partial charge in [-0.25, -0.2) is 8.42 Å². The second kappa shape index (κ2) is 6.11. The normalized spacial score (nSPS) is 24.4. The lowest BCUT2D eigenvalue weighted by Crippen LogP contribution is -2.64. The van der Waals surface area contributed by atoms with Crippen LogP contribution in [0.2, 0.25) is 0 Å². The molecule has 2 amide bonds. The van der Waals surface area contributed by atoms with Crippen LogP contribution in [0.15, 0.2) is 0 Å². The summed E-state index contributed by atoms with van der Waals surface area (Å²) >= 11 is 0. The van der Waals surface area contributed by atoms with Crippen LogP contribution < -0.4 is 5.32 Å². The van der Waals surface area contributed by atoms with E-state index >= 15 is 0 Å². The molecule has 0 aromatic carbocycles. The van der Waals surface area contributed by atoms with Crippen molar-refractivity contribution < 1.29 is 18.0 Å². The van der Waals surface area contributed by atoms with E-state index in [2.05, 4.69) is 5.32 Å². The Hall–Kier alpha value is -1.11. The van der Waals surface area contributed by atoms with Gasteiger partial charge in [-0.1, -0.05) is 13.8 Å². The molecule has 0 radical (unpaired) electrons. The second-order valence-corrected chi connectivity index (χ2v) is 8.53. The molecule has 6 nitrogen and oxygen atoms in total. The van der Waals surface area contributed by atoms with E-state index in [9.17, 15) is 18.0 Å². The average Bonchev–Trinajstić information content (AvgIpc) is 2.33. The second-order valence-electron chi connectivity index (χ2n) is 5.85. The van der Waals surface area contributed by atoms with Crippen LogP contribution in [0.3, 0.4) is 0 Å². The molecule has 2 atom stereocenters. The monoisotopic (exact) mass is 304 g/mol. The first kappa shape index (κ1) is 16.9. The SMILES string of the molecule is CC(C)C1NC(=O)C(C)N(CCS(=O)(=O)C(C)C)C1=O. The van der Waals surface area contributed by atoms with Crippen LogP contribution in [-0.4, -0.2) is 54.8 Å². The summed E-state index contributed by atoms with van der Waals surface area (Å²) in [5, 5.41) is 2.21. The Morgan fingerprint density at radius 1 is 1.20 bits per heavy atom. The van der Waals surface area contributed by atoms with E-state index in [1.807, 2.05) is 13.8 Å². The van der Waals surface area contributed by atoms with E-state index in [0.29, 0.717) is 0 Å². The number of amides is 2. The minimum absolute atomic E-state index is 0.0249. The molecule has 0 bridgehead atoms. The van der Waals surface area contributed by atoms with Gasteiger partial charge < -0.3 is 10.2 Å². The van der Waals surface area contributed by atoms with E-state index < -0.39 is 27.2 Å². The first-order chi connectivity index (χ1) is 9.08. The van der Waals surface area contributed by atoms with Crippen LogP contribution in [0, 0.1) is 5.92 Å². The molecule has 1 heterocycles. The van der Waals surface area contributed by atoms with Crippen LogP contribution in [0.5, 0.6) is 0 Å². The van der Waals surface area contributed by atoms with E-state index in [1.54, 1.807) is 20.8 Å². The highest BCUT2D eigenvalue weighted by Crippen LogP contribution is 2.16. The van der Waals surface area contributed by atoms with Crippen molar-refractivity contribution in [2.45, 2.75) is 52.0 Å². The summed E-state index contributed by atoms with van der Waals surface area (Å²) in [6.45, 7) is 8.60. The third-order valence-corrected chi connectivity index (χ3v) is 5.88. The largest absolute Gasteiger partial charge is 0.342 e. The first-order valence-electron chi connectivity index (χ1n) is 6.90. The van der Waals surface area contributed by atoms with Gasteiger partial charge in [0.1, 0.15) is 12.1 Å². The summed E-state index contributed by atoms with van der Waals surface area (Å²) in [5.41, 5.74) is 0. The van der Waals surface area contributed by atoms with Crippen molar-refractivity contribution in [1.82, 2.24) is 10.2 Å². The van der Waals surface area contributed by atoms with Gasteiger partial charge in [0, 0.05) is 6.54 Å². The van der Waals surface area contributed by atoms with Crippen molar-refractivity contribution in [1.29, 1.82) is 0 Å². The van der Waals surface area contributed by atoms with E-state index in [-0.39, 0.29) is 30.0 Å². The summed E-state index contributed by atoms with van der Waals surface area (Å²) in [7, 11) is -3.23. The molecule has 0 spiro atoms. The lowest BCUT2D eigenvalue weighted by molar-refractivity contribution is -0.149. The minimum atomic E-state index is -3.23. The Morgan fingerprint density at radius 2 is 1.75 bits per heavy atom. The molecule has 1 fully saturated rings. The molecular formula is C13H24N2O4S. The van der Waals surface area contributed by atoms with Gasteiger partial charge in [-0.2, -0.15) is 0 Å². The van der Waals surface area contributed by atoms with Crippen molar-refractivity contribution >= 4 is 21.7 Å². The third-order valence-electron chi connectivity index (χ3n) is 3.70. The Kier molecular flexibility index (Phi) is 5.18. The number of nitrogens with zero attached hydrogens (tertiary/aromatic N) is 1. The Labute approximate surface area is 120 Å². The lowest BCUT2D eigenvalue weighted by atomic mass is 9.98. The van der Waals surface area contributed by atoms with Crippen LogP contribution in [0.1, 0.15) is 34.6 Å². The van der Waals surface area contributed by atoms with Gasteiger partial charge in [-0.05, 0) is 26.7 Å². The van der Waals surface area contributed by atoms with Crippen LogP contribution >= 0.6 is 0 Å². The Bertz CT molecular complexity index is 485. The number of piperazine rings is 1. The molecule has 1 aliphatic heterocycles. The third kappa shape index (κ3) is 3.50. The number of carbonyl (C=O) groups excluding carboxylic acids is 2. The number of hydrogen-bond donors (Lipinski definition) is 1. The van der Waals surface area contributed by atoms with Gasteiger partial charge in [0.25, 0.3) is 0 Å². The van der Waals surface area contributed by atoms with Crippen LogP contribution in [0.25, 0.3) is 0 Å². The average molecular weight is 304 g/mol. The maximum atomic E-state index is 12.3. The van der Waals surface area contributed by atoms with Crippen molar-refractivity contribution in [3.05, 3.63) is 0 Å². The number of sulfone groups is 1. The van der Waals surface area contributed by atoms with Gasteiger partial charge in [0.2, 0.25) is 11.8 Å². The zero-order valence-corrected chi connectivity index (χ0v) is 13.5. The fourth-order valence-electron chi connectivity index (χ4n) is 2.06. The van der Waals surface area contributed by atoms with E-state index in [4.69, 9.17) is 0 Å². The van der Waals surface area contributed by atoms with Crippen molar-refractivity contribution in [3.8, 4) is 0 Å². The maximum Gasteiger partial charge on any atom is 0.246 e. The number of carbonyl (C=O) groups is 2. The molecule has 2 unspecified atom stereocenters. The molecule has 0 aromatic rings. The summed E-state index contributed by atoms with van der Waals surface area (Å²) in [6, 6.07) is -1.19. The van der Waals surface area contributed by atoms with E-state index in [0.717, 1.165) is 0 Å². The Morgan fingerprint density at radius 3 is 2.20 bits per heavy atom. The predicted molar refractivity (Wildman–Crippen MR) is 76.9 cm³/mol. The van der Waals surface area contributed by atoms with Crippen LogP contribution in [0.4, 0.5) is 0 Å². The van der Waals surface area contributed by atoms with Crippen molar-refractivity contribution in [2.75, 3.05) is 12.3 Å². The fourth-order valence-corrected chi connectivity index (χ4v) is 2.99. The molecule has 1 rings (SSSR count). The fraction of sp³-hybridized carbons (Fsp3) is 0.846. The standard InChI is InChI=1S/C13H24N2O4S/c1-8(2)11-13(17)15(10(5)12(16)14-11)6-7-20(18,19)9(3)4/h8-11H,6-7H2,1-5H3,(H,14,16). The summed E-state index contributed by atoms with van der Waals surface area (Å²) in [5.74, 6) is -0.571. The highest BCUT2D eigenvalue weighted by atomic mass is 32.2. The highest BCUT2D eigenvalue weighted by Gasteiger charge is 2.39. The van der Waals surface area contributed by atoms with Gasteiger partial charge in [-0.3, -0.25) is 9.59 Å². The summed E-state index contributed by atoms with van der Waals surface area (Å²) in [4.78, 5) is 25.6. The van der Waals surface area contributed by atoms with Crippen molar-refractivity contribution in [2.24, 2.45) is 5.92 Å². The molecule has 20 heavy (non-hydrogen) atoms. The maximum absolute atomic E-state index is 12.3. The van der Waals surface area contributed by atoms with Gasteiger partial charge in [0.15, 0.2) is 9.84 Å². The molecule has 116 valence electrons. The van der Waals surface area contributed by atoms with Crippen LogP contribution in [-0.2, 0) is 19.4 Å². The highest BCUT2D eigenvalue weighted by molar-refractivity contribution is 7.92. The molecule has 0 aromatic heterocycles. The minimum Gasteiger partial charge on any atom is -0.342 e. The number of rotatable bonds is 5. The molecule has 7 heteroatoms. The zero-order chi connectivity index (χ0) is 15.7. The zero-order valence-electron chi connectivity index (χ0n) is 12.7. The lowest BCUT2D eigenvalue weighted by Gasteiger charge is -2.38. The molecule has 1 N–H and O–H groups in total. The quantitative estimate of drug-likeness (QED) is 0.785. The molecule has 0 saturated carbocycles. The van der Waals surface area contributed by atoms with Gasteiger partial charge in [0.05, 0.1) is 11.0 Å². The Balaban J connectivity index is 2.86. The van der Waals surface area contributed by atoms with Crippen molar-refractivity contribution in [3.63, 3.8) is 0 Å². The topological polar surface area (TPSA) is 83.6 Å². The number of nitrogens with one attached hydrogen (secondary N) is 1. The van der Waals surface area contributed by atoms with E-state index in [1.165, 1.54) is 4.90 Å². The predicted octanol–water partition coefficient (Wildman–Crippen LogP) is 0.181. The van der Waals surface area contributed by atoms with Gasteiger partial charge in [-0.15, -0.1) is 0 Å². The molecule has 1 aliphatic rings. The first-order valence-corrected chi connectivity index (χ1v) is 8.62. The summed E-state index contributed by atoms with van der Waals surface area (Å²) < 4.78 is 23.7. The van der Waals surface area contributed by atoms with Gasteiger partial charge >= 0.3 is 0 Å². The number of hydrogen-bond acceptors (Lipinski definition) is 4. The smallest absolute Gasteiger partial charge is 0.246 e. The molecular weight excluding hydrogens is 280 g/mol. The molecule has 1 saturated heterocycles.